The second-order valence-electron chi connectivity index (χ2n) is 8.17. The van der Waals surface area contributed by atoms with Gasteiger partial charge in [0.15, 0.2) is 0 Å². The Kier molecular flexibility index (Phi) is 5.48. The summed E-state index contributed by atoms with van der Waals surface area (Å²) in [4.78, 5) is 15.3. The molecule has 1 saturated heterocycles. The molecule has 1 aliphatic heterocycles. The Morgan fingerprint density at radius 1 is 0.967 bits per heavy atom. The van der Waals surface area contributed by atoms with Crippen molar-refractivity contribution in [3.8, 4) is 16.9 Å². The molecule has 3 aromatic rings. The molecule has 4 nitrogen and oxygen atoms in total. The fourth-order valence-electron chi connectivity index (χ4n) is 4.20. The summed E-state index contributed by atoms with van der Waals surface area (Å²) in [5.74, 6) is -0.278. The number of aryl methyl sites for hydroxylation is 1. The first-order chi connectivity index (χ1) is 14.3. The Balaban J connectivity index is 1.82. The number of ether oxygens (including phenoxy) is 1. The maximum atomic E-state index is 13.5. The molecule has 30 heavy (non-hydrogen) atoms. The van der Waals surface area contributed by atoms with Crippen LogP contribution in [0.4, 0.5) is 4.39 Å². The van der Waals surface area contributed by atoms with Crippen LogP contribution < -0.4 is 0 Å². The van der Waals surface area contributed by atoms with Crippen LogP contribution in [-0.2, 0) is 4.74 Å². The van der Waals surface area contributed by atoms with Crippen molar-refractivity contribution in [1.82, 2.24) is 9.47 Å². The Hall–Kier alpha value is -2.92. The third kappa shape index (κ3) is 3.90. The smallest absolute Gasteiger partial charge is 0.255 e. The summed E-state index contributed by atoms with van der Waals surface area (Å²) >= 11 is 0. The first-order valence-corrected chi connectivity index (χ1v) is 10.3. The van der Waals surface area contributed by atoms with Crippen LogP contribution in [0.5, 0.6) is 0 Å². The fourth-order valence-corrected chi connectivity index (χ4v) is 4.20. The summed E-state index contributed by atoms with van der Waals surface area (Å²) < 4.78 is 21.4. The summed E-state index contributed by atoms with van der Waals surface area (Å²) in [5, 5.41) is 0. The molecule has 5 heteroatoms. The molecular weight excluding hydrogens is 379 g/mol. The van der Waals surface area contributed by atoms with Crippen LogP contribution in [0.15, 0.2) is 54.6 Å². The van der Waals surface area contributed by atoms with E-state index in [0.29, 0.717) is 18.7 Å². The Morgan fingerprint density at radius 2 is 1.57 bits per heavy atom. The van der Waals surface area contributed by atoms with Crippen molar-refractivity contribution >= 4 is 5.91 Å². The van der Waals surface area contributed by atoms with Crippen LogP contribution in [0.3, 0.4) is 0 Å². The lowest BCUT2D eigenvalue weighted by Crippen LogP contribution is -2.48. The molecule has 0 spiro atoms. The van der Waals surface area contributed by atoms with Gasteiger partial charge in [-0.1, -0.05) is 17.7 Å². The SMILES string of the molecule is Cc1ccc(-n2c(-c3ccc(F)cc3)cc(C(=O)N3C[C@@H](C)O[C@H](C)C3)c2C)cc1. The van der Waals surface area contributed by atoms with Gasteiger partial charge in [-0.15, -0.1) is 0 Å². The van der Waals surface area contributed by atoms with Gasteiger partial charge in [0.2, 0.25) is 0 Å². The van der Waals surface area contributed by atoms with Crippen LogP contribution in [0.25, 0.3) is 16.9 Å². The van der Waals surface area contributed by atoms with Crippen molar-refractivity contribution in [2.24, 2.45) is 0 Å². The van der Waals surface area contributed by atoms with Gasteiger partial charge in [0.25, 0.3) is 5.91 Å². The topological polar surface area (TPSA) is 34.5 Å². The highest BCUT2D eigenvalue weighted by Crippen LogP contribution is 2.31. The van der Waals surface area contributed by atoms with E-state index in [2.05, 4.69) is 16.7 Å². The van der Waals surface area contributed by atoms with Gasteiger partial charge in [-0.25, -0.2) is 4.39 Å². The number of morpholine rings is 1. The van der Waals surface area contributed by atoms with E-state index < -0.39 is 0 Å². The molecule has 1 fully saturated rings. The summed E-state index contributed by atoms with van der Waals surface area (Å²) in [7, 11) is 0. The first-order valence-electron chi connectivity index (χ1n) is 10.3. The molecule has 2 aromatic carbocycles. The van der Waals surface area contributed by atoms with Crippen LogP contribution in [0.2, 0.25) is 0 Å². The van der Waals surface area contributed by atoms with E-state index in [1.807, 2.05) is 50.8 Å². The number of carbonyl (C=O) groups is 1. The highest BCUT2D eigenvalue weighted by atomic mass is 19.1. The predicted molar refractivity (Wildman–Crippen MR) is 117 cm³/mol. The zero-order valence-electron chi connectivity index (χ0n) is 17.9. The Labute approximate surface area is 176 Å². The quantitative estimate of drug-likeness (QED) is 0.603. The normalized spacial score (nSPS) is 19.2. The molecule has 0 unspecified atom stereocenters. The molecule has 2 atom stereocenters. The zero-order valence-corrected chi connectivity index (χ0v) is 17.9. The largest absolute Gasteiger partial charge is 0.372 e. The lowest BCUT2D eigenvalue weighted by molar-refractivity contribution is -0.0586. The van der Waals surface area contributed by atoms with E-state index in [0.717, 1.165) is 22.6 Å². The van der Waals surface area contributed by atoms with Crippen molar-refractivity contribution in [1.29, 1.82) is 0 Å². The number of carbonyl (C=O) groups excluding carboxylic acids is 1. The molecule has 4 rings (SSSR count). The summed E-state index contributed by atoms with van der Waals surface area (Å²) in [6, 6.07) is 16.5. The van der Waals surface area contributed by atoms with E-state index in [1.54, 1.807) is 12.1 Å². The molecule has 1 aliphatic rings. The maximum Gasteiger partial charge on any atom is 0.255 e. The molecule has 0 saturated carbocycles. The number of aromatic nitrogens is 1. The van der Waals surface area contributed by atoms with Gasteiger partial charge >= 0.3 is 0 Å². The lowest BCUT2D eigenvalue weighted by atomic mass is 10.1. The Morgan fingerprint density at radius 3 is 2.17 bits per heavy atom. The molecule has 1 amide bonds. The lowest BCUT2D eigenvalue weighted by Gasteiger charge is -2.35. The molecule has 0 N–H and O–H groups in total. The van der Waals surface area contributed by atoms with Gasteiger partial charge < -0.3 is 14.2 Å². The number of nitrogens with zero attached hydrogens (tertiary/aromatic N) is 2. The zero-order chi connectivity index (χ0) is 21.4. The molecule has 0 radical (unpaired) electrons. The van der Waals surface area contributed by atoms with Gasteiger partial charge in [0.1, 0.15) is 5.82 Å². The van der Waals surface area contributed by atoms with Crippen molar-refractivity contribution in [2.75, 3.05) is 13.1 Å². The average Bonchev–Trinajstić information content (AvgIpc) is 3.05. The number of halogens is 1. The summed E-state index contributed by atoms with van der Waals surface area (Å²) in [6.45, 7) is 9.14. The van der Waals surface area contributed by atoms with Crippen LogP contribution in [0.1, 0.15) is 35.5 Å². The van der Waals surface area contributed by atoms with E-state index in [1.165, 1.54) is 17.7 Å². The van der Waals surface area contributed by atoms with Crippen LogP contribution in [0, 0.1) is 19.7 Å². The fraction of sp³-hybridized carbons (Fsp3) is 0.320. The highest BCUT2D eigenvalue weighted by molar-refractivity contribution is 5.97. The van der Waals surface area contributed by atoms with Crippen molar-refractivity contribution in [3.63, 3.8) is 0 Å². The van der Waals surface area contributed by atoms with Crippen LogP contribution in [-0.4, -0.2) is 40.7 Å². The molecule has 2 heterocycles. The Bertz CT molecular complexity index is 1040. The molecule has 156 valence electrons. The van der Waals surface area contributed by atoms with Gasteiger partial charge in [-0.2, -0.15) is 0 Å². The molecular formula is C25H27FN2O2. The number of amides is 1. The molecule has 1 aromatic heterocycles. The first kappa shape index (κ1) is 20.4. The average molecular weight is 407 g/mol. The summed E-state index contributed by atoms with van der Waals surface area (Å²) in [6.07, 6.45) is 0.0162. The summed E-state index contributed by atoms with van der Waals surface area (Å²) in [5.41, 5.74) is 5.41. The second-order valence-corrected chi connectivity index (χ2v) is 8.17. The second kappa shape index (κ2) is 8.07. The van der Waals surface area contributed by atoms with E-state index in [9.17, 15) is 9.18 Å². The van der Waals surface area contributed by atoms with Crippen molar-refractivity contribution < 1.29 is 13.9 Å². The van der Waals surface area contributed by atoms with E-state index >= 15 is 0 Å². The highest BCUT2D eigenvalue weighted by Gasteiger charge is 2.29. The monoisotopic (exact) mass is 406 g/mol. The number of benzene rings is 2. The number of rotatable bonds is 3. The third-order valence-corrected chi connectivity index (χ3v) is 5.62. The van der Waals surface area contributed by atoms with Gasteiger partial charge in [-0.05, 0) is 75.7 Å². The van der Waals surface area contributed by atoms with Crippen molar-refractivity contribution in [3.05, 3.63) is 77.2 Å². The third-order valence-electron chi connectivity index (χ3n) is 5.62. The standard InChI is InChI=1S/C25H27FN2O2/c1-16-5-11-22(12-6-16)28-19(4)23(13-24(28)20-7-9-21(26)10-8-20)25(29)27-14-17(2)30-18(3)15-27/h5-13,17-18H,14-15H2,1-4H3/t17-,18-/m1/s1. The maximum absolute atomic E-state index is 13.5. The predicted octanol–water partition coefficient (Wildman–Crippen LogP) is 5.15. The van der Waals surface area contributed by atoms with Gasteiger partial charge in [0, 0.05) is 24.5 Å². The molecule has 0 bridgehead atoms. The van der Waals surface area contributed by atoms with Gasteiger partial charge in [-0.3, -0.25) is 4.79 Å². The van der Waals surface area contributed by atoms with Gasteiger partial charge in [0.05, 0.1) is 23.5 Å². The minimum Gasteiger partial charge on any atom is -0.372 e. The van der Waals surface area contributed by atoms with Crippen molar-refractivity contribution in [2.45, 2.75) is 39.9 Å². The van der Waals surface area contributed by atoms with Crippen LogP contribution >= 0.6 is 0 Å². The van der Waals surface area contributed by atoms with E-state index in [4.69, 9.17) is 4.74 Å². The molecule has 0 aliphatic carbocycles. The van der Waals surface area contributed by atoms with E-state index in [-0.39, 0.29) is 23.9 Å². The number of hydrogen-bond donors (Lipinski definition) is 0. The minimum absolute atomic E-state index is 0.00345. The minimum atomic E-state index is -0.281. The number of hydrogen-bond acceptors (Lipinski definition) is 2.